The van der Waals surface area contributed by atoms with Crippen LogP contribution in [-0.2, 0) is 16.4 Å². The number of nitrogens with one attached hydrogen (secondary N) is 1. The second-order valence-electron chi connectivity index (χ2n) is 4.85. The highest BCUT2D eigenvalue weighted by Gasteiger charge is 2.15. The van der Waals surface area contributed by atoms with Crippen LogP contribution in [0.25, 0.3) is 11.4 Å². The van der Waals surface area contributed by atoms with Crippen molar-refractivity contribution in [2.75, 3.05) is 6.54 Å². The topological polar surface area (TPSA) is 72.0 Å². The molecule has 0 unspecified atom stereocenters. The molecule has 0 bridgehead atoms. The molecule has 0 aliphatic carbocycles. The zero-order valence-electron chi connectivity index (χ0n) is 12.4. The Labute approximate surface area is 143 Å². The van der Waals surface area contributed by atoms with E-state index in [4.69, 9.17) is 0 Å². The summed E-state index contributed by atoms with van der Waals surface area (Å²) in [5.41, 5.74) is 1.65. The van der Waals surface area contributed by atoms with Crippen molar-refractivity contribution in [3.8, 4) is 11.4 Å². The van der Waals surface area contributed by atoms with E-state index in [0.29, 0.717) is 17.2 Å². The first-order valence-corrected chi connectivity index (χ1v) is 10.1. The van der Waals surface area contributed by atoms with Crippen molar-refractivity contribution in [3.05, 3.63) is 51.8 Å². The first-order valence-electron chi connectivity index (χ1n) is 6.96. The lowest BCUT2D eigenvalue weighted by atomic mass is 10.3. The summed E-state index contributed by atoms with van der Waals surface area (Å²) in [5, 5.41) is 2.82. The van der Waals surface area contributed by atoms with Crippen LogP contribution in [0.3, 0.4) is 0 Å². The molecule has 0 atom stereocenters. The summed E-state index contributed by atoms with van der Waals surface area (Å²) in [5.74, 6) is 0. The molecule has 0 saturated heterocycles. The predicted molar refractivity (Wildman–Crippen MR) is 93.3 cm³/mol. The maximum Gasteiger partial charge on any atom is 0.250 e. The lowest BCUT2D eigenvalue weighted by Gasteiger charge is -2.03. The molecule has 0 amide bonds. The number of thiophene rings is 1. The first kappa shape index (κ1) is 16.3. The van der Waals surface area contributed by atoms with Crippen LogP contribution in [0.2, 0.25) is 0 Å². The number of rotatable bonds is 6. The van der Waals surface area contributed by atoms with Gasteiger partial charge >= 0.3 is 0 Å². The quantitative estimate of drug-likeness (QED) is 0.728. The third kappa shape index (κ3) is 4.03. The molecule has 3 aromatic heterocycles. The summed E-state index contributed by atoms with van der Waals surface area (Å²) >= 11 is 2.78. The molecule has 23 heavy (non-hydrogen) atoms. The molecule has 3 rings (SSSR count). The van der Waals surface area contributed by atoms with E-state index in [0.717, 1.165) is 21.3 Å². The highest BCUT2D eigenvalue weighted by molar-refractivity contribution is 7.91. The number of nitrogens with zero attached hydrogens (tertiary/aromatic N) is 2. The van der Waals surface area contributed by atoms with E-state index in [1.807, 2.05) is 30.5 Å². The second kappa shape index (κ2) is 6.88. The van der Waals surface area contributed by atoms with Crippen LogP contribution in [0.4, 0.5) is 0 Å². The van der Waals surface area contributed by atoms with Gasteiger partial charge < -0.3 is 0 Å². The number of hydrogen-bond acceptors (Lipinski definition) is 6. The van der Waals surface area contributed by atoms with Crippen LogP contribution in [0.1, 0.15) is 9.88 Å². The number of aromatic nitrogens is 2. The van der Waals surface area contributed by atoms with Crippen LogP contribution in [0, 0.1) is 6.92 Å². The van der Waals surface area contributed by atoms with Gasteiger partial charge in [-0.25, -0.2) is 18.1 Å². The summed E-state index contributed by atoms with van der Waals surface area (Å²) < 4.78 is 27.2. The third-order valence-corrected chi connectivity index (χ3v) is 6.95. The smallest absolute Gasteiger partial charge is 0.250 e. The van der Waals surface area contributed by atoms with Gasteiger partial charge in [0.05, 0.1) is 16.4 Å². The van der Waals surface area contributed by atoms with Crippen molar-refractivity contribution >= 4 is 32.7 Å². The molecule has 0 fully saturated rings. The SMILES string of the molecule is Cc1ccc(S(=O)(=O)NCCc2nc(-c3ccccn3)cs2)s1. The number of aryl methyl sites for hydroxylation is 1. The normalized spacial score (nSPS) is 11.7. The van der Waals surface area contributed by atoms with Crippen molar-refractivity contribution in [2.45, 2.75) is 17.6 Å². The minimum absolute atomic E-state index is 0.328. The molecule has 3 heterocycles. The zero-order valence-corrected chi connectivity index (χ0v) is 14.8. The van der Waals surface area contributed by atoms with Crippen LogP contribution < -0.4 is 4.72 Å². The molecular weight excluding hydrogens is 350 g/mol. The van der Waals surface area contributed by atoms with Crippen LogP contribution >= 0.6 is 22.7 Å². The van der Waals surface area contributed by atoms with Gasteiger partial charge in [0, 0.05) is 29.4 Å². The Morgan fingerprint density at radius 2 is 2.04 bits per heavy atom. The summed E-state index contributed by atoms with van der Waals surface area (Å²) in [4.78, 5) is 9.74. The molecular formula is C15H15N3O2S3. The van der Waals surface area contributed by atoms with E-state index in [-0.39, 0.29) is 0 Å². The minimum atomic E-state index is -3.42. The Morgan fingerprint density at radius 1 is 1.17 bits per heavy atom. The van der Waals surface area contributed by atoms with Gasteiger partial charge in [-0.05, 0) is 31.2 Å². The van der Waals surface area contributed by atoms with Crippen LogP contribution in [0.5, 0.6) is 0 Å². The highest BCUT2D eigenvalue weighted by Crippen LogP contribution is 2.21. The fourth-order valence-corrected chi connectivity index (χ4v) is 5.13. The maximum atomic E-state index is 12.1. The molecule has 0 aliphatic heterocycles. The predicted octanol–water partition coefficient (Wildman–Crippen LogP) is 3.10. The number of hydrogen-bond donors (Lipinski definition) is 1. The Hall–Kier alpha value is -1.61. The van der Waals surface area contributed by atoms with Gasteiger partial charge in [-0.2, -0.15) is 0 Å². The maximum absolute atomic E-state index is 12.1. The minimum Gasteiger partial charge on any atom is -0.255 e. The van der Waals surface area contributed by atoms with Gasteiger partial charge in [-0.3, -0.25) is 4.98 Å². The van der Waals surface area contributed by atoms with Gasteiger partial charge in [-0.1, -0.05) is 6.07 Å². The van der Waals surface area contributed by atoms with E-state index >= 15 is 0 Å². The first-order chi connectivity index (χ1) is 11.0. The van der Waals surface area contributed by atoms with Crippen molar-refractivity contribution in [1.82, 2.24) is 14.7 Å². The van der Waals surface area contributed by atoms with Crippen LogP contribution in [0.15, 0.2) is 46.1 Å². The number of pyridine rings is 1. The average Bonchev–Trinajstić information content (AvgIpc) is 3.17. The van der Waals surface area contributed by atoms with E-state index in [1.54, 1.807) is 18.3 Å². The largest absolute Gasteiger partial charge is 0.255 e. The van der Waals surface area contributed by atoms with Gasteiger partial charge in [0.15, 0.2) is 0 Å². The summed E-state index contributed by atoms with van der Waals surface area (Å²) in [6.45, 7) is 2.22. The van der Waals surface area contributed by atoms with Crippen LogP contribution in [-0.4, -0.2) is 24.9 Å². The molecule has 0 aliphatic rings. The standard InChI is InChI=1S/C15H15N3O2S3/c1-11-5-6-15(22-11)23(19,20)17-9-7-14-18-13(10-21-14)12-4-2-3-8-16-12/h2-6,8,10,17H,7,9H2,1H3. The third-order valence-electron chi connectivity index (χ3n) is 3.09. The fourth-order valence-electron chi connectivity index (χ4n) is 1.98. The summed E-state index contributed by atoms with van der Waals surface area (Å²) in [6.07, 6.45) is 2.28. The molecule has 0 aromatic carbocycles. The van der Waals surface area contributed by atoms with Gasteiger partial charge in [0.2, 0.25) is 10.0 Å². The van der Waals surface area contributed by atoms with Crippen molar-refractivity contribution < 1.29 is 8.42 Å². The summed E-state index contributed by atoms with van der Waals surface area (Å²) in [7, 11) is -3.42. The van der Waals surface area contributed by atoms with Gasteiger partial charge in [-0.15, -0.1) is 22.7 Å². The van der Waals surface area contributed by atoms with Crippen molar-refractivity contribution in [1.29, 1.82) is 0 Å². The molecule has 1 N–H and O–H groups in total. The number of sulfonamides is 1. The second-order valence-corrected chi connectivity index (χ2v) is 9.08. The Bertz CT molecular complexity index is 886. The number of thiazole rings is 1. The Morgan fingerprint density at radius 3 is 2.74 bits per heavy atom. The van der Waals surface area contributed by atoms with Gasteiger partial charge in [0.25, 0.3) is 0 Å². The lowest BCUT2D eigenvalue weighted by Crippen LogP contribution is -2.25. The van der Waals surface area contributed by atoms with Crippen molar-refractivity contribution in [2.24, 2.45) is 0 Å². The lowest BCUT2D eigenvalue weighted by molar-refractivity contribution is 0.583. The molecule has 0 radical (unpaired) electrons. The average molecular weight is 366 g/mol. The monoisotopic (exact) mass is 365 g/mol. The van der Waals surface area contributed by atoms with Crippen molar-refractivity contribution in [3.63, 3.8) is 0 Å². The Kier molecular flexibility index (Phi) is 4.86. The Balaban J connectivity index is 1.60. The van der Waals surface area contributed by atoms with E-state index in [1.165, 1.54) is 22.7 Å². The molecule has 8 heteroatoms. The fraction of sp³-hybridized carbons (Fsp3) is 0.200. The molecule has 0 spiro atoms. The van der Waals surface area contributed by atoms with E-state index in [2.05, 4.69) is 14.7 Å². The van der Waals surface area contributed by atoms with E-state index < -0.39 is 10.0 Å². The molecule has 5 nitrogen and oxygen atoms in total. The molecule has 3 aromatic rings. The van der Waals surface area contributed by atoms with Gasteiger partial charge in [0.1, 0.15) is 4.21 Å². The zero-order chi connectivity index (χ0) is 16.3. The molecule has 0 saturated carbocycles. The molecule has 120 valence electrons. The highest BCUT2D eigenvalue weighted by atomic mass is 32.2. The summed E-state index contributed by atoms with van der Waals surface area (Å²) in [6, 6.07) is 9.11. The van der Waals surface area contributed by atoms with E-state index in [9.17, 15) is 8.42 Å².